The molecule has 4 rings (SSSR count). The number of carbonyl (C=O) groups is 1. The molecular formula is C20H28N2O3. The number of hydrogen-bond acceptors (Lipinski definition) is 4. The Labute approximate surface area is 149 Å². The Hall–Kier alpha value is -1.59. The second-order valence-corrected chi connectivity index (χ2v) is 7.60. The standard InChI is InChI=1S/C20H28N2O3/c23-20-14-25-18-7-2-1-5-16(18)6-3-4-10-24-19-13-22(11-15-8-9-15)12-17(19)21-20/h1-2,5,7,15,17,19H,3-4,6,8-14H2,(H,21,23)/t17-,19+/m0/s1. The van der Waals surface area contributed by atoms with E-state index in [0.29, 0.717) is 0 Å². The Morgan fingerprint density at radius 3 is 2.92 bits per heavy atom. The van der Waals surface area contributed by atoms with Gasteiger partial charge in [-0.1, -0.05) is 18.2 Å². The lowest BCUT2D eigenvalue weighted by Crippen LogP contribution is -2.45. The van der Waals surface area contributed by atoms with Crippen LogP contribution in [-0.2, 0) is 16.0 Å². The van der Waals surface area contributed by atoms with Crippen LogP contribution in [0.15, 0.2) is 24.3 Å². The van der Waals surface area contributed by atoms with Gasteiger partial charge >= 0.3 is 0 Å². The first-order valence-electron chi connectivity index (χ1n) is 9.62. The summed E-state index contributed by atoms with van der Waals surface area (Å²) < 4.78 is 11.9. The third kappa shape index (κ3) is 4.53. The first-order chi connectivity index (χ1) is 12.3. The summed E-state index contributed by atoms with van der Waals surface area (Å²) in [5.41, 5.74) is 1.17. The lowest BCUT2D eigenvalue weighted by molar-refractivity contribution is -0.124. The van der Waals surface area contributed by atoms with Crippen LogP contribution >= 0.6 is 0 Å². The largest absolute Gasteiger partial charge is 0.483 e. The van der Waals surface area contributed by atoms with E-state index in [9.17, 15) is 4.79 Å². The lowest BCUT2D eigenvalue weighted by Gasteiger charge is -2.20. The Morgan fingerprint density at radius 1 is 1.16 bits per heavy atom. The Bertz CT molecular complexity index is 602. The molecule has 25 heavy (non-hydrogen) atoms. The number of hydrogen-bond donors (Lipinski definition) is 1. The molecule has 1 amide bonds. The van der Waals surface area contributed by atoms with E-state index in [1.807, 2.05) is 18.2 Å². The van der Waals surface area contributed by atoms with Gasteiger partial charge in [0.15, 0.2) is 6.61 Å². The number of aryl methyl sites for hydroxylation is 1. The first-order valence-corrected chi connectivity index (χ1v) is 9.62. The fourth-order valence-corrected chi connectivity index (χ4v) is 3.87. The topological polar surface area (TPSA) is 50.8 Å². The molecule has 0 unspecified atom stereocenters. The lowest BCUT2D eigenvalue weighted by atomic mass is 10.1. The highest BCUT2D eigenvalue weighted by atomic mass is 16.5. The molecule has 2 heterocycles. The van der Waals surface area contributed by atoms with Gasteiger partial charge in [0.1, 0.15) is 5.75 Å². The van der Waals surface area contributed by atoms with Gasteiger partial charge in [-0.05, 0) is 49.7 Å². The van der Waals surface area contributed by atoms with Gasteiger partial charge in [0, 0.05) is 26.2 Å². The molecule has 136 valence electrons. The third-order valence-corrected chi connectivity index (χ3v) is 5.41. The number of fused-ring (bicyclic) bond motifs is 2. The summed E-state index contributed by atoms with van der Waals surface area (Å²) >= 11 is 0. The van der Waals surface area contributed by atoms with Gasteiger partial charge in [0.05, 0.1) is 12.1 Å². The molecule has 0 bridgehead atoms. The second-order valence-electron chi connectivity index (χ2n) is 7.60. The average Bonchev–Trinajstić information content (AvgIpc) is 3.34. The van der Waals surface area contributed by atoms with Gasteiger partial charge in [-0.2, -0.15) is 0 Å². The van der Waals surface area contributed by atoms with E-state index in [4.69, 9.17) is 9.47 Å². The molecule has 5 heteroatoms. The van der Waals surface area contributed by atoms with Crippen molar-refractivity contribution in [2.24, 2.45) is 5.92 Å². The zero-order valence-electron chi connectivity index (χ0n) is 14.8. The number of ether oxygens (including phenoxy) is 2. The van der Waals surface area contributed by atoms with Gasteiger partial charge in [-0.15, -0.1) is 0 Å². The van der Waals surface area contributed by atoms with Gasteiger partial charge in [-0.25, -0.2) is 0 Å². The summed E-state index contributed by atoms with van der Waals surface area (Å²) in [6.07, 6.45) is 5.88. The Morgan fingerprint density at radius 2 is 2.04 bits per heavy atom. The van der Waals surface area contributed by atoms with Gasteiger partial charge in [0.2, 0.25) is 0 Å². The molecule has 0 radical (unpaired) electrons. The van der Waals surface area contributed by atoms with Crippen molar-refractivity contribution in [1.82, 2.24) is 10.2 Å². The number of nitrogens with zero attached hydrogens (tertiary/aromatic N) is 1. The second kappa shape index (κ2) is 7.75. The van der Waals surface area contributed by atoms with Crippen molar-refractivity contribution in [2.75, 3.05) is 32.8 Å². The molecule has 1 aliphatic carbocycles. The molecule has 0 aromatic heterocycles. The van der Waals surface area contributed by atoms with Crippen LogP contribution in [0.1, 0.15) is 31.2 Å². The fourth-order valence-electron chi connectivity index (χ4n) is 3.87. The minimum atomic E-state index is -0.0547. The predicted molar refractivity (Wildman–Crippen MR) is 95.7 cm³/mol. The molecule has 2 fully saturated rings. The van der Waals surface area contributed by atoms with E-state index >= 15 is 0 Å². The first kappa shape index (κ1) is 16.9. The molecular weight excluding hydrogens is 316 g/mol. The maximum atomic E-state index is 12.4. The van der Waals surface area contributed by atoms with E-state index in [-0.39, 0.29) is 24.7 Å². The molecule has 3 aliphatic rings. The summed E-state index contributed by atoms with van der Waals surface area (Å²) in [7, 11) is 0. The third-order valence-electron chi connectivity index (χ3n) is 5.41. The monoisotopic (exact) mass is 344 g/mol. The van der Waals surface area contributed by atoms with Crippen LogP contribution < -0.4 is 10.1 Å². The maximum absolute atomic E-state index is 12.4. The van der Waals surface area contributed by atoms with Gasteiger partial charge < -0.3 is 14.8 Å². The highest BCUT2D eigenvalue weighted by Gasteiger charge is 2.37. The van der Waals surface area contributed by atoms with Crippen molar-refractivity contribution < 1.29 is 14.3 Å². The summed E-state index contributed by atoms with van der Waals surface area (Å²) in [6.45, 7) is 3.81. The van der Waals surface area contributed by atoms with Crippen LogP contribution in [0.5, 0.6) is 5.75 Å². The van der Waals surface area contributed by atoms with E-state index in [1.165, 1.54) is 18.4 Å². The number of rotatable bonds is 2. The smallest absolute Gasteiger partial charge is 0.258 e. The molecule has 0 spiro atoms. The van der Waals surface area contributed by atoms with Crippen LogP contribution in [0, 0.1) is 5.92 Å². The molecule has 2 aliphatic heterocycles. The Kier molecular flexibility index (Phi) is 5.22. The summed E-state index contributed by atoms with van der Waals surface area (Å²) in [4.78, 5) is 14.8. The quantitative estimate of drug-likeness (QED) is 0.892. The van der Waals surface area contributed by atoms with Crippen molar-refractivity contribution in [3.05, 3.63) is 29.8 Å². The number of nitrogens with one attached hydrogen (secondary N) is 1. The van der Waals surface area contributed by atoms with E-state index in [2.05, 4.69) is 16.3 Å². The molecule has 1 aromatic rings. The number of likely N-dealkylation sites (tertiary alicyclic amines) is 1. The minimum absolute atomic E-state index is 0.0547. The zero-order valence-corrected chi connectivity index (χ0v) is 14.8. The number of amides is 1. The van der Waals surface area contributed by atoms with Crippen LogP contribution in [0.3, 0.4) is 0 Å². The average molecular weight is 344 g/mol. The van der Waals surface area contributed by atoms with E-state index in [0.717, 1.165) is 57.2 Å². The predicted octanol–water partition coefficient (Wildman–Crippen LogP) is 2.00. The SMILES string of the molecule is O=C1COc2ccccc2CCCCO[C@@H]2CN(CC3CC3)C[C@@H]2N1. The van der Waals surface area contributed by atoms with Gasteiger partial charge in [-0.3, -0.25) is 9.69 Å². The highest BCUT2D eigenvalue weighted by molar-refractivity contribution is 5.78. The molecule has 5 nitrogen and oxygen atoms in total. The normalized spacial score (nSPS) is 28.6. The highest BCUT2D eigenvalue weighted by Crippen LogP contribution is 2.31. The van der Waals surface area contributed by atoms with Crippen molar-refractivity contribution in [3.8, 4) is 5.75 Å². The van der Waals surface area contributed by atoms with Crippen LogP contribution in [0.2, 0.25) is 0 Å². The number of para-hydroxylation sites is 1. The zero-order chi connectivity index (χ0) is 17.1. The molecule has 1 aromatic carbocycles. The summed E-state index contributed by atoms with van der Waals surface area (Å²) in [5.74, 6) is 1.64. The molecule has 1 saturated carbocycles. The van der Waals surface area contributed by atoms with Crippen LogP contribution in [0.25, 0.3) is 0 Å². The van der Waals surface area contributed by atoms with E-state index in [1.54, 1.807) is 0 Å². The van der Waals surface area contributed by atoms with Gasteiger partial charge in [0.25, 0.3) is 5.91 Å². The van der Waals surface area contributed by atoms with Crippen LogP contribution in [-0.4, -0.2) is 55.8 Å². The van der Waals surface area contributed by atoms with Crippen molar-refractivity contribution in [1.29, 1.82) is 0 Å². The van der Waals surface area contributed by atoms with Crippen molar-refractivity contribution in [2.45, 2.75) is 44.2 Å². The number of benzene rings is 1. The van der Waals surface area contributed by atoms with Crippen molar-refractivity contribution in [3.63, 3.8) is 0 Å². The maximum Gasteiger partial charge on any atom is 0.258 e. The molecule has 1 N–H and O–H groups in total. The van der Waals surface area contributed by atoms with E-state index < -0.39 is 0 Å². The summed E-state index contributed by atoms with van der Waals surface area (Å²) in [6, 6.07) is 8.09. The summed E-state index contributed by atoms with van der Waals surface area (Å²) in [5, 5.41) is 3.14. The fraction of sp³-hybridized carbons (Fsp3) is 0.650. The minimum Gasteiger partial charge on any atom is -0.483 e. The molecule has 1 saturated heterocycles. The Balaban J connectivity index is 1.41. The molecule has 2 atom stereocenters. The van der Waals surface area contributed by atoms with Crippen LogP contribution in [0.4, 0.5) is 0 Å². The number of carbonyl (C=O) groups excluding carboxylic acids is 1. The van der Waals surface area contributed by atoms with Crippen molar-refractivity contribution >= 4 is 5.91 Å².